The fraction of sp³-hybridized carbons (Fsp3) is 0.556. The van der Waals surface area contributed by atoms with Crippen LogP contribution in [0.5, 0.6) is 0 Å². The monoisotopic (exact) mass is 496 g/mol. The minimum atomic E-state index is -1.30. The lowest BCUT2D eigenvalue weighted by Gasteiger charge is -2.47. The number of amides is 3. The Kier molecular flexibility index (Phi) is 8.08. The van der Waals surface area contributed by atoms with E-state index in [0.29, 0.717) is 18.2 Å². The van der Waals surface area contributed by atoms with E-state index in [-0.39, 0.29) is 43.2 Å². The predicted octanol–water partition coefficient (Wildman–Crippen LogP) is 3.59. The molecule has 1 aromatic carbocycles. The van der Waals surface area contributed by atoms with Crippen LogP contribution in [0.1, 0.15) is 68.3 Å². The summed E-state index contributed by atoms with van der Waals surface area (Å²) in [5.74, 6) is -0.393. The van der Waals surface area contributed by atoms with Gasteiger partial charge in [-0.1, -0.05) is 42.3 Å². The summed E-state index contributed by atoms with van der Waals surface area (Å²) in [5.41, 5.74) is 6.63. The van der Waals surface area contributed by atoms with E-state index in [1.54, 1.807) is 17.9 Å². The summed E-state index contributed by atoms with van der Waals surface area (Å²) in [4.78, 5) is 41.7. The molecule has 2 atom stereocenters. The van der Waals surface area contributed by atoms with Gasteiger partial charge in [-0.3, -0.25) is 14.4 Å². The standard InChI is InChI=1S/C27H36N4O5/c1-18-8-3-6-12-22(18)27(26(28)34,20-9-4-5-10-20)31(17-21-11-7-15-35-21)25(33)14-13-24(32)29-23-16-19(2)36-30-23/h3,6,8,12,16,20-21H,4-5,7,9-11,13-15,17H2,1-2H3,(H2,28,34)(H,29,30,32). The Hall–Kier alpha value is -3.20. The van der Waals surface area contributed by atoms with Crippen LogP contribution < -0.4 is 11.1 Å². The van der Waals surface area contributed by atoms with Crippen molar-refractivity contribution in [2.75, 3.05) is 18.5 Å². The number of ether oxygens (including phenoxy) is 1. The van der Waals surface area contributed by atoms with E-state index in [9.17, 15) is 14.4 Å². The van der Waals surface area contributed by atoms with E-state index < -0.39 is 11.4 Å². The van der Waals surface area contributed by atoms with Crippen molar-refractivity contribution < 1.29 is 23.6 Å². The summed E-state index contributed by atoms with van der Waals surface area (Å²) in [5, 5.41) is 6.43. The minimum Gasteiger partial charge on any atom is -0.376 e. The number of hydrogen-bond donors (Lipinski definition) is 2. The second-order valence-electron chi connectivity index (χ2n) is 9.94. The van der Waals surface area contributed by atoms with E-state index in [1.165, 1.54) is 0 Å². The number of aryl methyl sites for hydroxylation is 2. The lowest BCUT2D eigenvalue weighted by Crippen LogP contribution is -2.62. The zero-order valence-electron chi connectivity index (χ0n) is 21.1. The van der Waals surface area contributed by atoms with E-state index in [0.717, 1.165) is 49.7 Å². The maximum absolute atomic E-state index is 13.9. The Labute approximate surface area is 211 Å². The molecule has 9 nitrogen and oxygen atoms in total. The molecule has 2 aromatic rings. The molecule has 3 amide bonds. The van der Waals surface area contributed by atoms with Gasteiger partial charge in [0.05, 0.1) is 6.10 Å². The molecule has 9 heteroatoms. The second kappa shape index (κ2) is 11.2. The Balaban J connectivity index is 1.67. The molecule has 1 aliphatic carbocycles. The summed E-state index contributed by atoms with van der Waals surface area (Å²) in [6, 6.07) is 9.27. The number of hydrogen-bond acceptors (Lipinski definition) is 6. The molecule has 1 aromatic heterocycles. The largest absolute Gasteiger partial charge is 0.376 e. The van der Waals surface area contributed by atoms with Gasteiger partial charge >= 0.3 is 0 Å². The molecule has 2 aliphatic rings. The first-order valence-electron chi connectivity index (χ1n) is 12.8. The maximum atomic E-state index is 13.9. The summed E-state index contributed by atoms with van der Waals surface area (Å²) in [7, 11) is 0. The number of nitrogens with two attached hydrogens (primary N) is 1. The third kappa shape index (κ3) is 5.31. The van der Waals surface area contributed by atoms with Gasteiger partial charge in [0.25, 0.3) is 0 Å². The van der Waals surface area contributed by atoms with Gasteiger partial charge in [-0.15, -0.1) is 0 Å². The third-order valence-electron chi connectivity index (χ3n) is 7.48. The number of aromatic nitrogens is 1. The summed E-state index contributed by atoms with van der Waals surface area (Å²) >= 11 is 0. The maximum Gasteiger partial charge on any atom is 0.248 e. The van der Waals surface area contributed by atoms with E-state index in [1.807, 2.05) is 31.2 Å². The van der Waals surface area contributed by atoms with Crippen molar-refractivity contribution in [1.29, 1.82) is 0 Å². The van der Waals surface area contributed by atoms with Gasteiger partial charge in [0.2, 0.25) is 17.7 Å². The van der Waals surface area contributed by atoms with E-state index >= 15 is 0 Å². The molecule has 36 heavy (non-hydrogen) atoms. The van der Waals surface area contributed by atoms with Gasteiger partial charge in [-0.05, 0) is 56.6 Å². The van der Waals surface area contributed by atoms with Crippen LogP contribution in [0.3, 0.4) is 0 Å². The molecule has 0 radical (unpaired) electrons. The van der Waals surface area contributed by atoms with Gasteiger partial charge in [0.1, 0.15) is 11.3 Å². The number of benzene rings is 1. The molecular formula is C27H36N4O5. The van der Waals surface area contributed by atoms with Gasteiger partial charge in [-0.25, -0.2) is 0 Å². The Morgan fingerprint density at radius 2 is 1.86 bits per heavy atom. The topological polar surface area (TPSA) is 128 Å². The highest BCUT2D eigenvalue weighted by Crippen LogP contribution is 2.46. The third-order valence-corrected chi connectivity index (χ3v) is 7.48. The van der Waals surface area contributed by atoms with Crippen molar-refractivity contribution in [2.24, 2.45) is 11.7 Å². The lowest BCUT2D eigenvalue weighted by molar-refractivity contribution is -0.154. The Morgan fingerprint density at radius 1 is 1.11 bits per heavy atom. The lowest BCUT2D eigenvalue weighted by atomic mass is 9.72. The molecule has 1 aliphatic heterocycles. The highest BCUT2D eigenvalue weighted by molar-refractivity contribution is 5.95. The molecule has 1 saturated carbocycles. The smallest absolute Gasteiger partial charge is 0.248 e. The van der Waals surface area contributed by atoms with Crippen LogP contribution in [0, 0.1) is 19.8 Å². The van der Waals surface area contributed by atoms with Crippen LogP contribution in [-0.2, 0) is 24.7 Å². The fourth-order valence-corrected chi connectivity index (χ4v) is 5.82. The Morgan fingerprint density at radius 3 is 2.47 bits per heavy atom. The molecule has 2 heterocycles. The quantitative estimate of drug-likeness (QED) is 0.517. The summed E-state index contributed by atoms with van der Waals surface area (Å²) in [6.45, 7) is 4.57. The second-order valence-corrected chi connectivity index (χ2v) is 9.94. The number of nitrogens with one attached hydrogen (secondary N) is 1. The average Bonchev–Trinajstić information content (AvgIpc) is 3.62. The normalized spacial score (nSPS) is 19.7. The summed E-state index contributed by atoms with van der Waals surface area (Å²) < 4.78 is 10.9. The van der Waals surface area contributed by atoms with E-state index in [2.05, 4.69) is 10.5 Å². The van der Waals surface area contributed by atoms with Crippen molar-refractivity contribution in [1.82, 2.24) is 10.1 Å². The van der Waals surface area contributed by atoms with Crippen LogP contribution in [0.15, 0.2) is 34.9 Å². The number of carbonyl (C=O) groups is 3. The molecule has 3 N–H and O–H groups in total. The molecule has 194 valence electrons. The van der Waals surface area contributed by atoms with Crippen LogP contribution >= 0.6 is 0 Å². The number of carbonyl (C=O) groups excluding carboxylic acids is 3. The van der Waals surface area contributed by atoms with Gasteiger partial charge in [0, 0.05) is 32.1 Å². The average molecular weight is 497 g/mol. The zero-order chi connectivity index (χ0) is 25.7. The first-order valence-corrected chi connectivity index (χ1v) is 12.8. The van der Waals surface area contributed by atoms with Crippen LogP contribution in [-0.4, -0.2) is 47.0 Å². The molecule has 0 bridgehead atoms. The van der Waals surface area contributed by atoms with E-state index in [4.69, 9.17) is 15.0 Å². The summed E-state index contributed by atoms with van der Waals surface area (Å²) in [6.07, 6.45) is 4.98. The molecule has 0 spiro atoms. The fourth-order valence-electron chi connectivity index (χ4n) is 5.82. The van der Waals surface area contributed by atoms with Crippen molar-refractivity contribution in [2.45, 2.75) is 76.9 Å². The van der Waals surface area contributed by atoms with Crippen molar-refractivity contribution in [3.8, 4) is 0 Å². The molecular weight excluding hydrogens is 460 g/mol. The number of rotatable bonds is 10. The number of anilines is 1. The van der Waals surface area contributed by atoms with Crippen molar-refractivity contribution in [3.63, 3.8) is 0 Å². The SMILES string of the molecule is Cc1cc(NC(=O)CCC(=O)N(CC2CCCO2)C(C(N)=O)(c2ccccc2C)C2CCCC2)no1. The highest BCUT2D eigenvalue weighted by atomic mass is 16.5. The Bertz CT molecular complexity index is 1090. The van der Waals surface area contributed by atoms with Gasteiger partial charge in [0.15, 0.2) is 5.82 Å². The highest BCUT2D eigenvalue weighted by Gasteiger charge is 2.54. The van der Waals surface area contributed by atoms with Gasteiger partial charge in [-0.2, -0.15) is 0 Å². The number of nitrogens with zero attached hydrogens (tertiary/aromatic N) is 2. The minimum absolute atomic E-state index is 0.0555. The van der Waals surface area contributed by atoms with Gasteiger partial charge < -0.3 is 25.2 Å². The first-order chi connectivity index (χ1) is 17.3. The molecule has 2 unspecified atom stereocenters. The predicted molar refractivity (Wildman–Crippen MR) is 134 cm³/mol. The first kappa shape index (κ1) is 25.9. The molecule has 1 saturated heterocycles. The molecule has 4 rings (SSSR count). The van der Waals surface area contributed by atoms with Crippen LogP contribution in [0.2, 0.25) is 0 Å². The van der Waals surface area contributed by atoms with Crippen molar-refractivity contribution >= 4 is 23.5 Å². The molecule has 2 fully saturated rings. The van der Waals surface area contributed by atoms with Crippen molar-refractivity contribution in [3.05, 3.63) is 47.2 Å². The van der Waals surface area contributed by atoms with Crippen LogP contribution in [0.4, 0.5) is 5.82 Å². The zero-order valence-corrected chi connectivity index (χ0v) is 21.1. The van der Waals surface area contributed by atoms with Crippen LogP contribution in [0.25, 0.3) is 0 Å². The number of primary amides is 1.